The van der Waals surface area contributed by atoms with Crippen LogP contribution in [-0.2, 0) is 6.42 Å². The van der Waals surface area contributed by atoms with Gasteiger partial charge in [0.25, 0.3) is 0 Å². The van der Waals surface area contributed by atoms with Crippen molar-refractivity contribution < 1.29 is 9.52 Å². The summed E-state index contributed by atoms with van der Waals surface area (Å²) >= 11 is 0. The van der Waals surface area contributed by atoms with Gasteiger partial charge in [-0.2, -0.15) is 0 Å². The third-order valence-electron chi connectivity index (χ3n) is 3.47. The van der Waals surface area contributed by atoms with Gasteiger partial charge in [0.15, 0.2) is 0 Å². The largest absolute Gasteiger partial charge is 0.463 e. The maximum Gasteiger partial charge on any atom is 0.137 e. The minimum Gasteiger partial charge on any atom is -0.463 e. The van der Waals surface area contributed by atoms with Crippen LogP contribution in [0.2, 0.25) is 0 Å². The predicted molar refractivity (Wildman–Crippen MR) is 78.6 cm³/mol. The highest BCUT2D eigenvalue weighted by Crippen LogP contribution is 2.26. The molecule has 0 aliphatic rings. The van der Waals surface area contributed by atoms with Crippen molar-refractivity contribution >= 4 is 10.9 Å². The summed E-state index contributed by atoms with van der Waals surface area (Å²) in [7, 11) is 0. The van der Waals surface area contributed by atoms with E-state index < -0.39 is 6.10 Å². The van der Waals surface area contributed by atoms with Crippen molar-refractivity contribution in [1.29, 1.82) is 0 Å². The van der Waals surface area contributed by atoms with Crippen LogP contribution in [0.15, 0.2) is 46.9 Å². The van der Waals surface area contributed by atoms with Crippen molar-refractivity contribution in [3.05, 3.63) is 65.2 Å². The van der Waals surface area contributed by atoms with Crippen molar-refractivity contribution in [2.24, 2.45) is 0 Å². The number of nitrogens with zero attached hydrogens (tertiary/aromatic N) is 1. The van der Waals surface area contributed by atoms with Gasteiger partial charge in [-0.05, 0) is 42.8 Å². The number of aliphatic hydroxyl groups is 1. The molecule has 0 saturated heterocycles. The lowest BCUT2D eigenvalue weighted by molar-refractivity contribution is 0.187. The number of aryl methyl sites for hydroxylation is 2. The van der Waals surface area contributed by atoms with E-state index in [4.69, 9.17) is 4.42 Å². The molecule has 102 valence electrons. The molecular weight excluding hydrogens is 250 g/mol. The van der Waals surface area contributed by atoms with Crippen LogP contribution in [0.4, 0.5) is 0 Å². The van der Waals surface area contributed by atoms with Crippen molar-refractivity contribution in [1.82, 2.24) is 4.98 Å². The van der Waals surface area contributed by atoms with Gasteiger partial charge >= 0.3 is 0 Å². The van der Waals surface area contributed by atoms with Crippen LogP contribution in [0.5, 0.6) is 0 Å². The Hall–Kier alpha value is -2.13. The van der Waals surface area contributed by atoms with Crippen LogP contribution in [0.3, 0.4) is 0 Å². The minimum atomic E-state index is -0.735. The van der Waals surface area contributed by atoms with E-state index in [2.05, 4.69) is 4.98 Å². The SMILES string of the molecule is CCc1ccc(C(O)c2ccc3nc(C)ccc3c2)o1. The van der Waals surface area contributed by atoms with E-state index in [1.807, 2.05) is 56.3 Å². The molecule has 0 spiro atoms. The number of aromatic nitrogens is 1. The van der Waals surface area contributed by atoms with Gasteiger partial charge < -0.3 is 9.52 Å². The lowest BCUT2D eigenvalue weighted by atomic mass is 10.0. The maximum absolute atomic E-state index is 10.4. The fraction of sp³-hybridized carbons (Fsp3) is 0.235. The zero-order valence-corrected chi connectivity index (χ0v) is 11.6. The van der Waals surface area contributed by atoms with Crippen LogP contribution in [-0.4, -0.2) is 10.1 Å². The molecule has 0 fully saturated rings. The van der Waals surface area contributed by atoms with Crippen LogP contribution >= 0.6 is 0 Å². The van der Waals surface area contributed by atoms with Gasteiger partial charge in [0.1, 0.15) is 17.6 Å². The molecule has 1 atom stereocenters. The van der Waals surface area contributed by atoms with Gasteiger partial charge in [-0.3, -0.25) is 4.98 Å². The Morgan fingerprint density at radius 1 is 1.15 bits per heavy atom. The monoisotopic (exact) mass is 267 g/mol. The molecule has 1 N–H and O–H groups in total. The highest BCUT2D eigenvalue weighted by Gasteiger charge is 2.15. The summed E-state index contributed by atoms with van der Waals surface area (Å²) in [4.78, 5) is 4.46. The first-order valence-electron chi connectivity index (χ1n) is 6.81. The van der Waals surface area contributed by atoms with Crippen LogP contribution < -0.4 is 0 Å². The topological polar surface area (TPSA) is 46.3 Å². The fourth-order valence-electron chi connectivity index (χ4n) is 2.31. The van der Waals surface area contributed by atoms with Crippen molar-refractivity contribution in [2.75, 3.05) is 0 Å². The van der Waals surface area contributed by atoms with Gasteiger partial charge in [0.05, 0.1) is 5.52 Å². The number of aliphatic hydroxyl groups excluding tert-OH is 1. The average Bonchev–Trinajstić information content (AvgIpc) is 2.95. The summed E-state index contributed by atoms with van der Waals surface area (Å²) in [5, 5.41) is 11.4. The first kappa shape index (κ1) is 12.9. The molecule has 0 bridgehead atoms. The molecule has 0 radical (unpaired) electrons. The Morgan fingerprint density at radius 3 is 2.75 bits per heavy atom. The van der Waals surface area contributed by atoms with Crippen LogP contribution in [0.25, 0.3) is 10.9 Å². The number of pyridine rings is 1. The van der Waals surface area contributed by atoms with E-state index in [0.29, 0.717) is 5.76 Å². The van der Waals surface area contributed by atoms with Crippen molar-refractivity contribution in [3.63, 3.8) is 0 Å². The number of furan rings is 1. The van der Waals surface area contributed by atoms with Gasteiger partial charge in [-0.1, -0.05) is 19.1 Å². The maximum atomic E-state index is 10.4. The molecule has 3 aromatic rings. The van der Waals surface area contributed by atoms with E-state index in [-0.39, 0.29) is 0 Å². The lowest BCUT2D eigenvalue weighted by Crippen LogP contribution is -1.98. The molecule has 20 heavy (non-hydrogen) atoms. The molecule has 0 aliphatic carbocycles. The molecule has 2 heterocycles. The van der Waals surface area contributed by atoms with E-state index in [1.165, 1.54) is 0 Å². The molecule has 3 heteroatoms. The third-order valence-corrected chi connectivity index (χ3v) is 3.47. The number of hydrogen-bond donors (Lipinski definition) is 1. The molecule has 2 aromatic heterocycles. The summed E-state index contributed by atoms with van der Waals surface area (Å²) in [5.74, 6) is 1.47. The second kappa shape index (κ2) is 5.10. The predicted octanol–water partition coefficient (Wildman–Crippen LogP) is 3.78. The zero-order chi connectivity index (χ0) is 14.1. The Bertz CT molecular complexity index is 746. The molecule has 3 rings (SSSR count). The Labute approximate surface area is 117 Å². The summed E-state index contributed by atoms with van der Waals surface area (Å²) in [6, 6.07) is 13.5. The molecule has 0 amide bonds. The number of benzene rings is 1. The normalized spacial score (nSPS) is 12.8. The fourth-order valence-corrected chi connectivity index (χ4v) is 2.31. The summed E-state index contributed by atoms with van der Waals surface area (Å²) in [6.45, 7) is 4.00. The number of hydrogen-bond acceptors (Lipinski definition) is 3. The molecule has 1 aromatic carbocycles. The number of rotatable bonds is 3. The molecule has 0 saturated carbocycles. The quantitative estimate of drug-likeness (QED) is 0.785. The Balaban J connectivity index is 1.98. The standard InChI is InChI=1S/C17H17NO2/c1-3-14-7-9-16(20-14)17(19)13-6-8-15-12(10-13)5-4-11(2)18-15/h4-10,17,19H,3H2,1-2H3. The van der Waals surface area contributed by atoms with Crippen molar-refractivity contribution in [3.8, 4) is 0 Å². The molecule has 3 nitrogen and oxygen atoms in total. The van der Waals surface area contributed by atoms with E-state index >= 15 is 0 Å². The third kappa shape index (κ3) is 2.32. The average molecular weight is 267 g/mol. The summed E-state index contributed by atoms with van der Waals surface area (Å²) in [6.07, 6.45) is 0.0918. The lowest BCUT2D eigenvalue weighted by Gasteiger charge is -2.09. The van der Waals surface area contributed by atoms with Crippen LogP contribution in [0.1, 0.15) is 35.8 Å². The van der Waals surface area contributed by atoms with Gasteiger partial charge in [0.2, 0.25) is 0 Å². The summed E-state index contributed by atoms with van der Waals surface area (Å²) in [5.41, 5.74) is 2.75. The zero-order valence-electron chi connectivity index (χ0n) is 11.6. The first-order chi connectivity index (χ1) is 9.67. The smallest absolute Gasteiger partial charge is 0.137 e. The second-order valence-electron chi connectivity index (χ2n) is 4.96. The Morgan fingerprint density at radius 2 is 2.00 bits per heavy atom. The first-order valence-corrected chi connectivity index (χ1v) is 6.81. The number of fused-ring (bicyclic) bond motifs is 1. The summed E-state index contributed by atoms with van der Waals surface area (Å²) < 4.78 is 5.61. The van der Waals surface area contributed by atoms with E-state index in [9.17, 15) is 5.11 Å². The van der Waals surface area contributed by atoms with Crippen LogP contribution in [0, 0.1) is 6.92 Å². The molecule has 1 unspecified atom stereocenters. The van der Waals surface area contributed by atoms with Crippen molar-refractivity contribution in [2.45, 2.75) is 26.4 Å². The minimum absolute atomic E-state index is 0.585. The van der Waals surface area contributed by atoms with E-state index in [1.54, 1.807) is 0 Å². The molecule has 0 aliphatic heterocycles. The van der Waals surface area contributed by atoms with Gasteiger partial charge in [0, 0.05) is 17.5 Å². The van der Waals surface area contributed by atoms with Gasteiger partial charge in [-0.25, -0.2) is 0 Å². The second-order valence-corrected chi connectivity index (χ2v) is 4.96. The highest BCUT2D eigenvalue weighted by molar-refractivity contribution is 5.79. The van der Waals surface area contributed by atoms with E-state index in [0.717, 1.165) is 34.3 Å². The highest BCUT2D eigenvalue weighted by atomic mass is 16.4. The molecular formula is C17H17NO2. The Kier molecular flexibility index (Phi) is 3.28. The van der Waals surface area contributed by atoms with Gasteiger partial charge in [-0.15, -0.1) is 0 Å².